The lowest BCUT2D eigenvalue weighted by atomic mass is 10.1. The third-order valence-corrected chi connectivity index (χ3v) is 3.42. The summed E-state index contributed by atoms with van der Waals surface area (Å²) in [6, 6.07) is 0. The molecule has 0 atom stereocenters. The van der Waals surface area contributed by atoms with Gasteiger partial charge in [0.05, 0.1) is 0 Å². The van der Waals surface area contributed by atoms with Gasteiger partial charge in [-0.1, -0.05) is 64.7 Å². The van der Waals surface area contributed by atoms with Crippen molar-refractivity contribution in [3.05, 3.63) is 0 Å². The van der Waals surface area contributed by atoms with Gasteiger partial charge in [-0.15, -0.1) is 0 Å². The van der Waals surface area contributed by atoms with Crippen LogP contribution in [0.2, 0.25) is 0 Å². The van der Waals surface area contributed by atoms with Gasteiger partial charge >= 0.3 is 0 Å². The van der Waals surface area contributed by atoms with Crippen molar-refractivity contribution in [1.29, 1.82) is 0 Å². The van der Waals surface area contributed by atoms with Crippen molar-refractivity contribution in [3.8, 4) is 0 Å². The van der Waals surface area contributed by atoms with Crippen LogP contribution in [0.25, 0.3) is 0 Å². The number of thiol groups is 1. The summed E-state index contributed by atoms with van der Waals surface area (Å²) < 4.78 is 0.124. The number of hydrogen-bond donors (Lipinski definition) is 2. The largest absolute Gasteiger partial charge is 0.315 e. The first-order valence-corrected chi connectivity index (χ1v) is 8.44. The summed E-state index contributed by atoms with van der Waals surface area (Å²) in [5, 5.41) is 3.47. The quantitative estimate of drug-likeness (QED) is 0.347. The van der Waals surface area contributed by atoms with E-state index in [2.05, 4.69) is 38.7 Å². The van der Waals surface area contributed by atoms with Crippen LogP contribution >= 0.6 is 12.6 Å². The van der Waals surface area contributed by atoms with Crippen LogP contribution in [-0.4, -0.2) is 17.8 Å². The Morgan fingerprint density at radius 3 is 1.67 bits per heavy atom. The molecule has 0 aliphatic carbocycles. The Hall–Kier alpha value is 0.310. The summed E-state index contributed by atoms with van der Waals surface area (Å²) in [6.07, 6.45) is 14.1. The molecule has 0 aromatic carbocycles. The lowest BCUT2D eigenvalue weighted by molar-refractivity contribution is 0.531. The van der Waals surface area contributed by atoms with Gasteiger partial charge in [-0.25, -0.2) is 0 Å². The number of hydrogen-bond acceptors (Lipinski definition) is 2. The predicted octanol–water partition coefficient (Wildman–Crippen LogP) is 5.21. The van der Waals surface area contributed by atoms with Crippen molar-refractivity contribution in [1.82, 2.24) is 5.32 Å². The standard InChI is InChI=1S/C16H35NS/c1-4-5-6-7-8-9-10-11-12-13-14-17-15-16(2,3)18/h17-18H,4-15H2,1-3H3. The van der Waals surface area contributed by atoms with Gasteiger partial charge in [-0.05, 0) is 26.8 Å². The molecule has 2 heteroatoms. The molecule has 0 saturated carbocycles. The van der Waals surface area contributed by atoms with Crippen molar-refractivity contribution in [2.45, 2.75) is 89.7 Å². The lowest BCUT2D eigenvalue weighted by Crippen LogP contribution is -2.30. The topological polar surface area (TPSA) is 12.0 Å². The van der Waals surface area contributed by atoms with Crippen LogP contribution in [-0.2, 0) is 0 Å². The summed E-state index contributed by atoms with van der Waals surface area (Å²) in [7, 11) is 0. The molecule has 0 amide bonds. The second-order valence-corrected chi connectivity index (χ2v) is 7.38. The highest BCUT2D eigenvalue weighted by Crippen LogP contribution is 2.11. The predicted molar refractivity (Wildman–Crippen MR) is 87.8 cm³/mol. The number of rotatable bonds is 13. The van der Waals surface area contributed by atoms with Crippen LogP contribution in [0, 0.1) is 0 Å². The molecule has 18 heavy (non-hydrogen) atoms. The van der Waals surface area contributed by atoms with Crippen molar-refractivity contribution < 1.29 is 0 Å². The normalized spacial score (nSPS) is 12.0. The minimum absolute atomic E-state index is 0.124. The highest BCUT2D eigenvalue weighted by molar-refractivity contribution is 7.81. The van der Waals surface area contributed by atoms with E-state index in [0.29, 0.717) is 0 Å². The van der Waals surface area contributed by atoms with Gasteiger partial charge in [0.2, 0.25) is 0 Å². The Morgan fingerprint density at radius 2 is 1.22 bits per heavy atom. The van der Waals surface area contributed by atoms with E-state index < -0.39 is 0 Å². The second kappa shape index (κ2) is 12.3. The highest BCUT2D eigenvalue weighted by Gasteiger charge is 2.09. The van der Waals surface area contributed by atoms with Gasteiger partial charge in [-0.2, -0.15) is 12.6 Å². The van der Waals surface area contributed by atoms with E-state index in [1.54, 1.807) is 0 Å². The third kappa shape index (κ3) is 16.3. The van der Waals surface area contributed by atoms with Crippen molar-refractivity contribution in [2.24, 2.45) is 0 Å². The zero-order chi connectivity index (χ0) is 13.7. The van der Waals surface area contributed by atoms with Crippen LogP contribution in [0.1, 0.15) is 85.0 Å². The van der Waals surface area contributed by atoms with Gasteiger partial charge in [0, 0.05) is 11.3 Å². The Morgan fingerprint density at radius 1 is 0.778 bits per heavy atom. The molecule has 0 aliphatic rings. The van der Waals surface area contributed by atoms with Crippen LogP contribution in [0.5, 0.6) is 0 Å². The summed E-state index contributed by atoms with van der Waals surface area (Å²) in [5.74, 6) is 0. The summed E-state index contributed by atoms with van der Waals surface area (Å²) in [5.41, 5.74) is 0. The molecule has 0 spiro atoms. The Kier molecular flexibility index (Phi) is 12.6. The van der Waals surface area contributed by atoms with E-state index in [9.17, 15) is 0 Å². The second-order valence-electron chi connectivity index (χ2n) is 6.17. The zero-order valence-corrected chi connectivity index (χ0v) is 13.8. The summed E-state index contributed by atoms with van der Waals surface area (Å²) >= 11 is 4.50. The highest BCUT2D eigenvalue weighted by atomic mass is 32.1. The Balaban J connectivity index is 2.99. The minimum Gasteiger partial charge on any atom is -0.315 e. The smallest absolute Gasteiger partial charge is 0.0198 e. The zero-order valence-electron chi connectivity index (χ0n) is 12.9. The molecule has 0 saturated heterocycles. The summed E-state index contributed by atoms with van der Waals surface area (Å²) in [4.78, 5) is 0. The molecule has 0 bridgehead atoms. The molecule has 0 aromatic heterocycles. The molecule has 110 valence electrons. The minimum atomic E-state index is 0.124. The molecular formula is C16H35NS. The van der Waals surface area contributed by atoms with E-state index >= 15 is 0 Å². The first-order chi connectivity index (χ1) is 8.56. The van der Waals surface area contributed by atoms with Gasteiger partial charge in [0.15, 0.2) is 0 Å². The molecule has 1 N–H and O–H groups in total. The van der Waals surface area contributed by atoms with Crippen LogP contribution in [0.3, 0.4) is 0 Å². The molecule has 0 heterocycles. The van der Waals surface area contributed by atoms with E-state index in [-0.39, 0.29) is 4.75 Å². The number of nitrogens with one attached hydrogen (secondary N) is 1. The van der Waals surface area contributed by atoms with Gasteiger partial charge in [0.25, 0.3) is 0 Å². The van der Waals surface area contributed by atoms with Crippen LogP contribution < -0.4 is 5.32 Å². The third-order valence-electron chi connectivity index (χ3n) is 3.26. The maximum absolute atomic E-state index is 4.50. The average molecular weight is 274 g/mol. The first-order valence-electron chi connectivity index (χ1n) is 7.99. The number of unbranched alkanes of at least 4 members (excludes halogenated alkanes) is 9. The van der Waals surface area contributed by atoms with Crippen molar-refractivity contribution in [2.75, 3.05) is 13.1 Å². The van der Waals surface area contributed by atoms with Crippen LogP contribution in [0.4, 0.5) is 0 Å². The Labute approximate surface area is 121 Å². The Bertz CT molecular complexity index is 163. The molecule has 1 nitrogen and oxygen atoms in total. The van der Waals surface area contributed by atoms with E-state index in [4.69, 9.17) is 0 Å². The average Bonchev–Trinajstić information content (AvgIpc) is 2.29. The molecular weight excluding hydrogens is 238 g/mol. The van der Waals surface area contributed by atoms with Gasteiger partial charge < -0.3 is 5.32 Å². The van der Waals surface area contributed by atoms with E-state index in [0.717, 1.165) is 13.1 Å². The SMILES string of the molecule is CCCCCCCCCCCCNCC(C)(C)S. The molecule has 0 fully saturated rings. The van der Waals surface area contributed by atoms with Gasteiger partial charge in [0.1, 0.15) is 0 Å². The van der Waals surface area contributed by atoms with Crippen LogP contribution in [0.15, 0.2) is 0 Å². The lowest BCUT2D eigenvalue weighted by Gasteiger charge is -2.17. The maximum Gasteiger partial charge on any atom is 0.0198 e. The molecule has 0 aliphatic heterocycles. The van der Waals surface area contributed by atoms with E-state index in [1.807, 2.05) is 0 Å². The molecule has 0 rings (SSSR count). The molecule has 0 unspecified atom stereocenters. The fourth-order valence-corrected chi connectivity index (χ4v) is 2.24. The molecule has 0 radical (unpaired) electrons. The van der Waals surface area contributed by atoms with Crippen molar-refractivity contribution >= 4 is 12.6 Å². The first kappa shape index (κ1) is 18.3. The fraction of sp³-hybridized carbons (Fsp3) is 1.00. The molecule has 0 aromatic rings. The maximum atomic E-state index is 4.50. The van der Waals surface area contributed by atoms with E-state index in [1.165, 1.54) is 64.2 Å². The van der Waals surface area contributed by atoms with Gasteiger partial charge in [-0.3, -0.25) is 0 Å². The monoisotopic (exact) mass is 273 g/mol. The summed E-state index contributed by atoms with van der Waals surface area (Å²) in [6.45, 7) is 8.75. The fourth-order valence-electron chi connectivity index (χ4n) is 2.13. The van der Waals surface area contributed by atoms with Crippen molar-refractivity contribution in [3.63, 3.8) is 0 Å².